The summed E-state index contributed by atoms with van der Waals surface area (Å²) in [6.45, 7) is -0.235. The molecule has 3 amide bonds. The summed E-state index contributed by atoms with van der Waals surface area (Å²) in [5.41, 5.74) is -2.35. The van der Waals surface area contributed by atoms with E-state index >= 15 is 0 Å². The minimum absolute atomic E-state index is 0.163. The Morgan fingerprint density at radius 2 is 1.88 bits per heavy atom. The largest absolute Gasteiger partial charge is 0.497 e. The van der Waals surface area contributed by atoms with Crippen molar-refractivity contribution in [3.05, 3.63) is 59.8 Å². The molecular formula is C22H16F3N3O4. The van der Waals surface area contributed by atoms with Gasteiger partial charge in [-0.15, -0.1) is 0 Å². The van der Waals surface area contributed by atoms with Crippen molar-refractivity contribution in [1.82, 2.24) is 15.2 Å². The molecule has 10 heteroatoms. The number of amides is 3. The zero-order chi connectivity index (χ0) is 23.1. The predicted molar refractivity (Wildman–Crippen MR) is 108 cm³/mol. The number of aromatic nitrogens is 1. The summed E-state index contributed by atoms with van der Waals surface area (Å²) < 4.78 is 44.8. The van der Waals surface area contributed by atoms with E-state index in [2.05, 4.69) is 22.5 Å². The van der Waals surface area contributed by atoms with Gasteiger partial charge in [0, 0.05) is 22.5 Å². The Morgan fingerprint density at radius 3 is 2.47 bits per heavy atom. The molecule has 0 bridgehead atoms. The second-order valence-electron chi connectivity index (χ2n) is 7.17. The first-order valence-electron chi connectivity index (χ1n) is 9.31. The van der Waals surface area contributed by atoms with Crippen LogP contribution in [-0.2, 0) is 17.5 Å². The lowest BCUT2D eigenvalue weighted by Gasteiger charge is -2.20. The lowest BCUT2D eigenvalue weighted by atomic mass is 9.99. The van der Waals surface area contributed by atoms with Crippen molar-refractivity contribution >= 4 is 22.7 Å². The van der Waals surface area contributed by atoms with Gasteiger partial charge in [-0.25, -0.2) is 4.79 Å². The molecule has 1 atom stereocenters. The number of halogens is 3. The highest BCUT2D eigenvalue weighted by molar-refractivity contribution is 6.09. The Morgan fingerprint density at radius 1 is 1.16 bits per heavy atom. The van der Waals surface area contributed by atoms with Crippen LogP contribution in [0, 0.1) is 11.8 Å². The number of fused-ring (bicyclic) bond motifs is 1. The molecule has 7 nitrogen and oxygen atoms in total. The summed E-state index contributed by atoms with van der Waals surface area (Å²) >= 11 is 0. The molecule has 164 valence electrons. The summed E-state index contributed by atoms with van der Waals surface area (Å²) in [5, 5.41) is 16.3. The first-order chi connectivity index (χ1) is 15.1. The Labute approximate surface area is 179 Å². The molecule has 3 aromatic rings. The summed E-state index contributed by atoms with van der Waals surface area (Å²) in [5.74, 6) is 4.92. The monoisotopic (exact) mass is 443 g/mol. The van der Waals surface area contributed by atoms with Crippen molar-refractivity contribution in [2.75, 3.05) is 7.11 Å². The van der Waals surface area contributed by atoms with Crippen molar-refractivity contribution < 1.29 is 32.6 Å². The SMILES string of the molecule is COc1ccc2cn(C[C@@]3(C#Cc4ccc(C(F)(F)F)cc4)NC(=O)NC3=O)c(O)c2c1. The average molecular weight is 443 g/mol. The molecule has 32 heavy (non-hydrogen) atoms. The molecule has 0 spiro atoms. The fourth-order valence-corrected chi connectivity index (χ4v) is 3.38. The smallest absolute Gasteiger partial charge is 0.416 e. The van der Waals surface area contributed by atoms with Crippen LogP contribution in [0.4, 0.5) is 18.0 Å². The van der Waals surface area contributed by atoms with E-state index in [4.69, 9.17) is 4.74 Å². The second kappa shape index (κ2) is 7.53. The van der Waals surface area contributed by atoms with E-state index in [-0.39, 0.29) is 18.0 Å². The van der Waals surface area contributed by atoms with Crippen molar-refractivity contribution in [3.8, 4) is 23.5 Å². The topological polar surface area (TPSA) is 92.6 Å². The van der Waals surface area contributed by atoms with E-state index < -0.39 is 29.2 Å². The highest BCUT2D eigenvalue weighted by Crippen LogP contribution is 2.32. The maximum Gasteiger partial charge on any atom is 0.416 e. The number of nitrogens with zero attached hydrogens (tertiary/aromatic N) is 1. The van der Waals surface area contributed by atoms with Gasteiger partial charge in [-0.2, -0.15) is 13.2 Å². The maximum atomic E-state index is 12.8. The van der Waals surface area contributed by atoms with Gasteiger partial charge in [0.15, 0.2) is 5.88 Å². The molecule has 0 aliphatic carbocycles. The summed E-state index contributed by atoms with van der Waals surface area (Å²) in [6.07, 6.45) is -2.90. The summed E-state index contributed by atoms with van der Waals surface area (Å²) in [4.78, 5) is 24.4. The molecule has 0 saturated carbocycles. The number of urea groups is 1. The van der Waals surface area contributed by atoms with Crippen LogP contribution in [0.25, 0.3) is 10.8 Å². The van der Waals surface area contributed by atoms with Crippen LogP contribution >= 0.6 is 0 Å². The van der Waals surface area contributed by atoms with Crippen LogP contribution in [0.1, 0.15) is 11.1 Å². The highest BCUT2D eigenvalue weighted by Gasteiger charge is 2.46. The first kappa shape index (κ1) is 21.1. The van der Waals surface area contributed by atoms with Gasteiger partial charge in [-0.05, 0) is 42.5 Å². The van der Waals surface area contributed by atoms with E-state index in [0.717, 1.165) is 12.1 Å². The number of hydrogen-bond acceptors (Lipinski definition) is 4. The van der Waals surface area contributed by atoms with E-state index in [9.17, 15) is 27.9 Å². The fraction of sp³-hybridized carbons (Fsp3) is 0.182. The lowest BCUT2D eigenvalue weighted by Crippen LogP contribution is -2.49. The third kappa shape index (κ3) is 3.80. The van der Waals surface area contributed by atoms with Crippen LogP contribution < -0.4 is 15.4 Å². The quantitative estimate of drug-likeness (QED) is 0.429. The Kier molecular flexibility index (Phi) is 4.97. The van der Waals surface area contributed by atoms with E-state index in [1.165, 1.54) is 23.8 Å². The molecule has 1 saturated heterocycles. The van der Waals surface area contributed by atoms with Crippen LogP contribution in [0.3, 0.4) is 0 Å². The number of carbonyl (C=O) groups excluding carboxylic acids is 2. The number of carbonyl (C=O) groups is 2. The van der Waals surface area contributed by atoms with Crippen molar-refractivity contribution in [2.24, 2.45) is 0 Å². The minimum atomic E-state index is -4.48. The number of imide groups is 1. The van der Waals surface area contributed by atoms with Crippen LogP contribution in [0.2, 0.25) is 0 Å². The third-order valence-electron chi connectivity index (χ3n) is 5.05. The van der Waals surface area contributed by atoms with Crippen molar-refractivity contribution in [2.45, 2.75) is 18.3 Å². The zero-order valence-electron chi connectivity index (χ0n) is 16.6. The van der Waals surface area contributed by atoms with Crippen LogP contribution in [0.5, 0.6) is 11.6 Å². The molecule has 0 radical (unpaired) electrons. The Bertz CT molecular complexity index is 1290. The van der Waals surface area contributed by atoms with Gasteiger partial charge in [0.1, 0.15) is 5.75 Å². The second-order valence-corrected chi connectivity index (χ2v) is 7.17. The molecule has 4 rings (SSSR count). The number of ether oxygens (including phenoxy) is 1. The number of hydrogen-bond donors (Lipinski definition) is 3. The number of alkyl halides is 3. The predicted octanol–water partition coefficient (Wildman–Crippen LogP) is 3.00. The van der Waals surface area contributed by atoms with Gasteiger partial charge in [0.25, 0.3) is 5.91 Å². The highest BCUT2D eigenvalue weighted by atomic mass is 19.4. The molecule has 3 N–H and O–H groups in total. The lowest BCUT2D eigenvalue weighted by molar-refractivity contribution is -0.137. The van der Waals surface area contributed by atoms with Crippen LogP contribution in [0.15, 0.2) is 48.7 Å². The first-order valence-corrected chi connectivity index (χ1v) is 9.31. The molecule has 1 aromatic heterocycles. The van der Waals surface area contributed by atoms with Crippen molar-refractivity contribution in [3.63, 3.8) is 0 Å². The fourth-order valence-electron chi connectivity index (χ4n) is 3.38. The normalized spacial score (nSPS) is 18.1. The molecule has 1 aliphatic rings. The number of rotatable bonds is 3. The standard InChI is InChI=1S/C22H16F3N3O4/c1-32-16-7-4-14-11-28(18(29)17(14)10-16)12-21(19(30)26-20(31)27-21)9-8-13-2-5-15(6-3-13)22(23,24)25/h2-7,10-11,29H,12H2,1H3,(H2,26,27,30,31)/t21-/m1/s1. The van der Waals surface area contributed by atoms with E-state index in [1.54, 1.807) is 24.4 Å². The number of benzene rings is 2. The van der Waals surface area contributed by atoms with Crippen molar-refractivity contribution in [1.29, 1.82) is 0 Å². The summed E-state index contributed by atoms with van der Waals surface area (Å²) in [6, 6.07) is 8.38. The van der Waals surface area contributed by atoms with Gasteiger partial charge in [-0.1, -0.05) is 11.8 Å². The molecular weight excluding hydrogens is 427 g/mol. The molecule has 0 unspecified atom stereocenters. The number of aromatic hydroxyl groups is 1. The van der Waals surface area contributed by atoms with Gasteiger partial charge in [-0.3, -0.25) is 10.1 Å². The van der Waals surface area contributed by atoms with Gasteiger partial charge in [0.2, 0.25) is 5.54 Å². The van der Waals surface area contributed by atoms with Crippen LogP contribution in [-0.4, -0.2) is 34.3 Å². The minimum Gasteiger partial charge on any atom is -0.497 e. The Hall–Kier alpha value is -4.13. The molecule has 2 aromatic carbocycles. The Balaban J connectivity index is 1.71. The van der Waals surface area contributed by atoms with Gasteiger partial charge < -0.3 is 19.7 Å². The average Bonchev–Trinajstić information content (AvgIpc) is 3.21. The molecule has 2 heterocycles. The van der Waals surface area contributed by atoms with E-state index in [1.807, 2.05) is 0 Å². The molecule has 1 aliphatic heterocycles. The molecule has 1 fully saturated rings. The zero-order valence-corrected chi connectivity index (χ0v) is 16.6. The number of nitrogens with one attached hydrogen (secondary N) is 2. The maximum absolute atomic E-state index is 12.8. The number of methoxy groups -OCH3 is 1. The summed E-state index contributed by atoms with van der Waals surface area (Å²) in [7, 11) is 1.49. The van der Waals surface area contributed by atoms with Gasteiger partial charge >= 0.3 is 12.2 Å². The van der Waals surface area contributed by atoms with E-state index in [0.29, 0.717) is 16.5 Å². The van der Waals surface area contributed by atoms with Gasteiger partial charge in [0.05, 0.1) is 19.2 Å². The third-order valence-corrected chi connectivity index (χ3v) is 5.05.